The van der Waals surface area contributed by atoms with Gasteiger partial charge >= 0.3 is 11.9 Å². The van der Waals surface area contributed by atoms with E-state index in [-0.39, 0.29) is 25.2 Å². The zero-order valence-corrected chi connectivity index (χ0v) is 22.5. The highest BCUT2D eigenvalue weighted by Crippen LogP contribution is 2.30. The molecule has 0 aliphatic carbocycles. The summed E-state index contributed by atoms with van der Waals surface area (Å²) < 4.78 is 16.2. The van der Waals surface area contributed by atoms with Crippen molar-refractivity contribution in [3.05, 3.63) is 12.2 Å². The minimum Gasteiger partial charge on any atom is -0.462 e. The Balaban J connectivity index is 1.94. The van der Waals surface area contributed by atoms with E-state index in [0.717, 1.165) is 57.8 Å². The van der Waals surface area contributed by atoms with Crippen LogP contribution in [-0.4, -0.2) is 48.6 Å². The lowest BCUT2D eigenvalue weighted by molar-refractivity contribution is -0.161. The number of epoxide rings is 1. The van der Waals surface area contributed by atoms with Crippen LogP contribution in [0.4, 0.5) is 0 Å². The van der Waals surface area contributed by atoms with Crippen molar-refractivity contribution < 1.29 is 28.9 Å². The highest BCUT2D eigenvalue weighted by Gasteiger charge is 2.36. The molecule has 1 aliphatic rings. The van der Waals surface area contributed by atoms with Crippen LogP contribution < -0.4 is 0 Å². The Morgan fingerprint density at radius 2 is 1.43 bits per heavy atom. The van der Waals surface area contributed by atoms with E-state index in [1.807, 2.05) is 0 Å². The molecule has 3 atom stereocenters. The molecule has 0 aromatic rings. The van der Waals surface area contributed by atoms with Crippen LogP contribution in [0.25, 0.3) is 0 Å². The average molecular weight is 497 g/mol. The van der Waals surface area contributed by atoms with Gasteiger partial charge in [-0.15, -0.1) is 0 Å². The Morgan fingerprint density at radius 1 is 0.800 bits per heavy atom. The number of esters is 2. The molecule has 1 rings (SSSR count). The van der Waals surface area contributed by atoms with Crippen LogP contribution in [0.3, 0.4) is 0 Å². The molecule has 35 heavy (non-hydrogen) atoms. The molecule has 1 aliphatic heterocycles. The van der Waals surface area contributed by atoms with E-state index in [0.29, 0.717) is 25.0 Å². The molecule has 0 amide bonds. The first-order chi connectivity index (χ1) is 17.1. The minimum atomic E-state index is -0.774. The standard InChI is InChI=1S/C29H52O6/c1-3-5-7-9-12-15-19-26-27(35-26)20-16-13-10-14-18-22-29(32)34-25(23-30)24-33-28(31)21-17-11-8-6-4-2/h12,15,25-27,30H,3-11,13-14,16-24H2,1-2H3/b15-12-/t25-,26?,27?/m0/s1. The summed E-state index contributed by atoms with van der Waals surface area (Å²) in [4.78, 5) is 23.8. The maximum absolute atomic E-state index is 12.0. The van der Waals surface area contributed by atoms with Crippen molar-refractivity contribution in [3.63, 3.8) is 0 Å². The van der Waals surface area contributed by atoms with Crippen molar-refractivity contribution in [2.24, 2.45) is 0 Å². The third kappa shape index (κ3) is 18.5. The first-order valence-corrected chi connectivity index (χ1v) is 14.4. The third-order valence-electron chi connectivity index (χ3n) is 6.48. The van der Waals surface area contributed by atoms with Crippen LogP contribution in [0.5, 0.6) is 0 Å². The van der Waals surface area contributed by atoms with Gasteiger partial charge in [0.2, 0.25) is 0 Å². The molecule has 6 nitrogen and oxygen atoms in total. The van der Waals surface area contributed by atoms with Crippen molar-refractivity contribution in [1.82, 2.24) is 0 Å². The molecular weight excluding hydrogens is 444 g/mol. The largest absolute Gasteiger partial charge is 0.462 e. The smallest absolute Gasteiger partial charge is 0.306 e. The second-order valence-electron chi connectivity index (χ2n) is 9.86. The predicted molar refractivity (Wildman–Crippen MR) is 140 cm³/mol. The fourth-order valence-electron chi connectivity index (χ4n) is 4.15. The van der Waals surface area contributed by atoms with Gasteiger partial charge < -0.3 is 19.3 Å². The molecule has 1 N–H and O–H groups in total. The zero-order chi connectivity index (χ0) is 25.6. The zero-order valence-electron chi connectivity index (χ0n) is 22.5. The number of ether oxygens (including phenoxy) is 3. The summed E-state index contributed by atoms with van der Waals surface area (Å²) in [5.74, 6) is -0.630. The molecule has 0 saturated carbocycles. The molecule has 1 fully saturated rings. The number of aliphatic hydroxyl groups excluding tert-OH is 1. The van der Waals surface area contributed by atoms with Gasteiger partial charge in [0.05, 0.1) is 18.8 Å². The van der Waals surface area contributed by atoms with Crippen LogP contribution in [0.1, 0.15) is 129 Å². The molecule has 204 valence electrons. The normalized spacial score (nSPS) is 18.0. The number of carbonyl (C=O) groups is 2. The Kier molecular flexibility index (Phi) is 19.7. The van der Waals surface area contributed by atoms with Crippen molar-refractivity contribution in [3.8, 4) is 0 Å². The highest BCUT2D eigenvalue weighted by molar-refractivity contribution is 5.70. The SMILES string of the molecule is CCCCC/C=C\CC1OC1CCCCCCCC(=O)O[C@@H](CO)COC(=O)CCCCCCC. The van der Waals surface area contributed by atoms with Crippen LogP contribution in [0.2, 0.25) is 0 Å². The molecule has 1 saturated heterocycles. The van der Waals surface area contributed by atoms with Gasteiger partial charge in [-0.2, -0.15) is 0 Å². The van der Waals surface area contributed by atoms with E-state index >= 15 is 0 Å². The van der Waals surface area contributed by atoms with Gasteiger partial charge in [-0.25, -0.2) is 0 Å². The van der Waals surface area contributed by atoms with Crippen LogP contribution in [0.15, 0.2) is 12.2 Å². The first-order valence-electron chi connectivity index (χ1n) is 14.4. The Bertz CT molecular complexity index is 561. The quantitative estimate of drug-likeness (QED) is 0.0683. The molecule has 1 heterocycles. The van der Waals surface area contributed by atoms with Gasteiger partial charge in [-0.05, 0) is 38.5 Å². The van der Waals surface area contributed by atoms with Crippen LogP contribution in [0, 0.1) is 0 Å². The topological polar surface area (TPSA) is 85.4 Å². The Morgan fingerprint density at radius 3 is 2.14 bits per heavy atom. The van der Waals surface area contributed by atoms with Crippen molar-refractivity contribution in [1.29, 1.82) is 0 Å². The van der Waals surface area contributed by atoms with Crippen molar-refractivity contribution in [2.75, 3.05) is 13.2 Å². The lowest BCUT2D eigenvalue weighted by atomic mass is 10.1. The number of hydrogen-bond donors (Lipinski definition) is 1. The molecule has 2 unspecified atom stereocenters. The van der Waals surface area contributed by atoms with Gasteiger partial charge in [-0.3, -0.25) is 9.59 Å². The minimum absolute atomic E-state index is 0.0745. The second-order valence-corrected chi connectivity index (χ2v) is 9.86. The number of aliphatic hydroxyl groups is 1. The lowest BCUT2D eigenvalue weighted by Crippen LogP contribution is -2.28. The van der Waals surface area contributed by atoms with E-state index in [2.05, 4.69) is 26.0 Å². The van der Waals surface area contributed by atoms with Gasteiger partial charge in [0.1, 0.15) is 6.61 Å². The molecule has 0 aromatic heterocycles. The first kappa shape index (κ1) is 31.6. The number of carbonyl (C=O) groups excluding carboxylic acids is 2. The van der Waals surface area contributed by atoms with Crippen LogP contribution >= 0.6 is 0 Å². The Hall–Kier alpha value is -1.40. The van der Waals surface area contributed by atoms with Crippen molar-refractivity contribution >= 4 is 11.9 Å². The van der Waals surface area contributed by atoms with E-state index in [1.165, 1.54) is 44.9 Å². The summed E-state index contributed by atoms with van der Waals surface area (Å²) in [6.07, 6.45) is 23.1. The number of unbranched alkanes of at least 4 members (excludes halogenated alkanes) is 11. The maximum Gasteiger partial charge on any atom is 0.306 e. The molecular formula is C29H52O6. The summed E-state index contributed by atoms with van der Waals surface area (Å²) in [5.41, 5.74) is 0. The van der Waals surface area contributed by atoms with Gasteiger partial charge in [-0.1, -0.05) is 90.2 Å². The van der Waals surface area contributed by atoms with E-state index in [4.69, 9.17) is 14.2 Å². The van der Waals surface area contributed by atoms with Gasteiger partial charge in [0.25, 0.3) is 0 Å². The molecule has 0 aromatic carbocycles. The lowest BCUT2D eigenvalue weighted by Gasteiger charge is -2.15. The van der Waals surface area contributed by atoms with E-state index in [9.17, 15) is 14.7 Å². The van der Waals surface area contributed by atoms with E-state index in [1.54, 1.807) is 0 Å². The summed E-state index contributed by atoms with van der Waals surface area (Å²) in [6, 6.07) is 0. The van der Waals surface area contributed by atoms with E-state index < -0.39 is 6.10 Å². The molecule has 6 heteroatoms. The number of rotatable bonds is 24. The average Bonchev–Trinajstić information content (AvgIpc) is 3.61. The van der Waals surface area contributed by atoms with Gasteiger partial charge in [0, 0.05) is 12.8 Å². The predicted octanol–water partition coefficient (Wildman–Crippen LogP) is 6.82. The molecule has 0 spiro atoms. The Labute approximate surface area is 214 Å². The summed E-state index contributed by atoms with van der Waals surface area (Å²) in [7, 11) is 0. The van der Waals surface area contributed by atoms with Gasteiger partial charge in [0.15, 0.2) is 6.10 Å². The summed E-state index contributed by atoms with van der Waals surface area (Å²) in [6.45, 7) is 3.97. The second kappa shape index (κ2) is 21.8. The number of hydrogen-bond acceptors (Lipinski definition) is 6. The maximum atomic E-state index is 12.0. The fraction of sp³-hybridized carbons (Fsp3) is 0.862. The summed E-state index contributed by atoms with van der Waals surface area (Å²) >= 11 is 0. The summed E-state index contributed by atoms with van der Waals surface area (Å²) in [5, 5.41) is 9.41. The van der Waals surface area contributed by atoms with Crippen molar-refractivity contribution in [2.45, 2.75) is 148 Å². The highest BCUT2D eigenvalue weighted by atomic mass is 16.6. The van der Waals surface area contributed by atoms with Crippen LogP contribution in [-0.2, 0) is 23.8 Å². The fourth-order valence-corrected chi connectivity index (χ4v) is 4.15. The molecule has 0 radical (unpaired) electrons. The third-order valence-corrected chi connectivity index (χ3v) is 6.48. The molecule has 0 bridgehead atoms. The number of allylic oxidation sites excluding steroid dienone is 1. The monoisotopic (exact) mass is 496 g/mol.